The molecule has 4 nitrogen and oxygen atoms in total. The summed E-state index contributed by atoms with van der Waals surface area (Å²) in [5, 5.41) is 12.3. The minimum Gasteiger partial charge on any atom is -0.494 e. The predicted molar refractivity (Wildman–Crippen MR) is 85.4 cm³/mol. The molecule has 1 amide bonds. The van der Waals surface area contributed by atoms with Gasteiger partial charge in [-0.3, -0.25) is 4.79 Å². The highest BCUT2D eigenvalue weighted by atomic mass is 35.5. The summed E-state index contributed by atoms with van der Waals surface area (Å²) in [6.07, 6.45) is 1.54. The van der Waals surface area contributed by atoms with Crippen molar-refractivity contribution in [3.63, 3.8) is 0 Å². The first-order valence-electron chi connectivity index (χ1n) is 6.73. The number of rotatable bonds is 7. The van der Waals surface area contributed by atoms with E-state index in [0.717, 1.165) is 6.42 Å². The number of hydrogen-bond donors (Lipinski definition) is 2. The van der Waals surface area contributed by atoms with Crippen LogP contribution in [0.3, 0.4) is 0 Å². The fraction of sp³-hybridized carbons (Fsp3) is 0.533. The second kappa shape index (κ2) is 7.87. The lowest BCUT2D eigenvalue weighted by atomic mass is 9.88. The Morgan fingerprint density at radius 3 is 2.38 bits per heavy atom. The number of halogens is 2. The van der Waals surface area contributed by atoms with Crippen molar-refractivity contribution in [2.75, 3.05) is 20.3 Å². The summed E-state index contributed by atoms with van der Waals surface area (Å²) in [6, 6.07) is 3.06. The van der Waals surface area contributed by atoms with Gasteiger partial charge in [0.2, 0.25) is 0 Å². The fourth-order valence-corrected chi connectivity index (χ4v) is 2.59. The van der Waals surface area contributed by atoms with Gasteiger partial charge in [-0.1, -0.05) is 37.0 Å². The molecule has 0 fully saturated rings. The maximum Gasteiger partial charge on any atom is 0.251 e. The third-order valence-corrected chi connectivity index (χ3v) is 3.77. The number of methoxy groups -OCH3 is 1. The summed E-state index contributed by atoms with van der Waals surface area (Å²) in [5.41, 5.74) is 0.307. The highest BCUT2D eigenvalue weighted by Crippen LogP contribution is 2.33. The zero-order chi connectivity index (χ0) is 16.0. The Hall–Kier alpha value is -0.970. The molecule has 118 valence electrons. The minimum absolute atomic E-state index is 0.0849. The van der Waals surface area contributed by atoms with Crippen molar-refractivity contribution < 1.29 is 14.6 Å². The van der Waals surface area contributed by atoms with Crippen molar-refractivity contribution in [2.45, 2.75) is 26.7 Å². The number of aliphatic hydroxyl groups is 1. The molecule has 21 heavy (non-hydrogen) atoms. The Morgan fingerprint density at radius 2 is 1.90 bits per heavy atom. The van der Waals surface area contributed by atoms with Gasteiger partial charge in [-0.25, -0.2) is 0 Å². The molecule has 0 radical (unpaired) electrons. The molecule has 0 spiro atoms. The average Bonchev–Trinajstić information content (AvgIpc) is 2.42. The highest BCUT2D eigenvalue weighted by molar-refractivity contribution is 6.37. The first-order chi connectivity index (χ1) is 9.80. The molecular formula is C15H21Cl2NO3. The number of carbonyl (C=O) groups excluding carboxylic acids is 1. The normalized spacial score (nSPS) is 11.3. The Balaban J connectivity index is 2.72. The van der Waals surface area contributed by atoms with Crippen molar-refractivity contribution in [3.05, 3.63) is 27.7 Å². The summed E-state index contributed by atoms with van der Waals surface area (Å²) >= 11 is 12.0. The number of benzene rings is 1. The summed E-state index contributed by atoms with van der Waals surface area (Å²) in [5.74, 6) is 0.122. The number of aliphatic hydroxyl groups excluding tert-OH is 1. The van der Waals surface area contributed by atoms with Gasteiger partial charge in [0.1, 0.15) is 0 Å². The van der Waals surface area contributed by atoms with Crippen LogP contribution in [0.15, 0.2) is 12.1 Å². The molecule has 0 saturated carbocycles. The summed E-state index contributed by atoms with van der Waals surface area (Å²) < 4.78 is 5.05. The molecule has 0 aromatic heterocycles. The minimum atomic E-state index is -0.237. The Labute approximate surface area is 135 Å². The van der Waals surface area contributed by atoms with Crippen LogP contribution < -0.4 is 10.1 Å². The fourth-order valence-electron chi connectivity index (χ4n) is 1.95. The van der Waals surface area contributed by atoms with E-state index in [0.29, 0.717) is 34.3 Å². The zero-order valence-corrected chi connectivity index (χ0v) is 14.0. The number of ether oxygens (including phenoxy) is 1. The van der Waals surface area contributed by atoms with Gasteiger partial charge >= 0.3 is 0 Å². The lowest BCUT2D eigenvalue weighted by molar-refractivity contribution is 0.0933. The molecule has 0 atom stereocenters. The molecule has 0 aliphatic rings. The largest absolute Gasteiger partial charge is 0.494 e. The molecule has 0 aliphatic heterocycles. The van der Waals surface area contributed by atoms with E-state index in [1.807, 2.05) is 13.8 Å². The number of nitrogens with one attached hydrogen (secondary N) is 1. The average molecular weight is 334 g/mol. The van der Waals surface area contributed by atoms with Gasteiger partial charge in [0.25, 0.3) is 5.91 Å². The lowest BCUT2D eigenvalue weighted by Crippen LogP contribution is -2.34. The van der Waals surface area contributed by atoms with Gasteiger partial charge < -0.3 is 15.2 Å². The van der Waals surface area contributed by atoms with Crippen molar-refractivity contribution in [3.8, 4) is 5.75 Å². The van der Waals surface area contributed by atoms with Crippen LogP contribution in [-0.2, 0) is 0 Å². The van der Waals surface area contributed by atoms with Crippen LogP contribution in [0.1, 0.15) is 37.0 Å². The van der Waals surface area contributed by atoms with Gasteiger partial charge in [-0.05, 0) is 30.4 Å². The van der Waals surface area contributed by atoms with Crippen molar-refractivity contribution in [2.24, 2.45) is 5.41 Å². The molecule has 1 rings (SSSR count). The van der Waals surface area contributed by atoms with Gasteiger partial charge in [-0.2, -0.15) is 0 Å². The van der Waals surface area contributed by atoms with E-state index in [-0.39, 0.29) is 17.9 Å². The third kappa shape index (κ3) is 5.38. The smallest absolute Gasteiger partial charge is 0.251 e. The Bertz CT molecular complexity index is 481. The quantitative estimate of drug-likeness (QED) is 0.802. The van der Waals surface area contributed by atoms with Gasteiger partial charge in [0.05, 0.1) is 17.2 Å². The Kier molecular flexibility index (Phi) is 6.78. The molecule has 0 aliphatic carbocycles. The van der Waals surface area contributed by atoms with Gasteiger partial charge in [0.15, 0.2) is 5.75 Å². The maximum absolute atomic E-state index is 12.2. The van der Waals surface area contributed by atoms with Crippen LogP contribution in [-0.4, -0.2) is 31.3 Å². The molecule has 0 saturated heterocycles. The molecular weight excluding hydrogens is 313 g/mol. The number of amides is 1. The van der Waals surface area contributed by atoms with Crippen molar-refractivity contribution in [1.82, 2.24) is 5.32 Å². The molecule has 0 unspecified atom stereocenters. The van der Waals surface area contributed by atoms with E-state index in [9.17, 15) is 4.79 Å². The molecule has 2 N–H and O–H groups in total. The molecule has 0 heterocycles. The highest BCUT2D eigenvalue weighted by Gasteiger charge is 2.20. The standard InChI is InChI=1S/C15H21Cl2NO3/c1-15(2,5-4-6-19)9-18-14(20)10-7-11(16)13(21-3)12(17)8-10/h7-8,19H,4-6,9H2,1-3H3,(H,18,20). The third-order valence-electron chi connectivity index (χ3n) is 3.20. The van der Waals surface area contributed by atoms with E-state index in [1.54, 1.807) is 0 Å². The van der Waals surface area contributed by atoms with Crippen LogP contribution in [0.25, 0.3) is 0 Å². The second-order valence-corrected chi connectivity index (χ2v) is 6.46. The number of hydrogen-bond acceptors (Lipinski definition) is 3. The zero-order valence-electron chi connectivity index (χ0n) is 12.5. The van der Waals surface area contributed by atoms with Crippen LogP contribution >= 0.6 is 23.2 Å². The first-order valence-corrected chi connectivity index (χ1v) is 7.48. The van der Waals surface area contributed by atoms with Gasteiger partial charge in [0, 0.05) is 18.7 Å². The van der Waals surface area contributed by atoms with Crippen molar-refractivity contribution >= 4 is 29.1 Å². The van der Waals surface area contributed by atoms with E-state index in [2.05, 4.69) is 5.32 Å². The van der Waals surface area contributed by atoms with E-state index in [1.165, 1.54) is 19.2 Å². The van der Waals surface area contributed by atoms with Crippen LogP contribution in [0, 0.1) is 5.41 Å². The SMILES string of the molecule is COc1c(Cl)cc(C(=O)NCC(C)(C)CCCO)cc1Cl. The molecule has 0 bridgehead atoms. The van der Waals surface area contributed by atoms with E-state index < -0.39 is 0 Å². The number of carbonyl (C=O) groups is 1. The second-order valence-electron chi connectivity index (χ2n) is 5.65. The molecule has 1 aromatic rings. The summed E-state index contributed by atoms with van der Waals surface area (Å²) in [7, 11) is 1.47. The monoisotopic (exact) mass is 333 g/mol. The van der Waals surface area contributed by atoms with E-state index >= 15 is 0 Å². The first kappa shape index (κ1) is 18.1. The van der Waals surface area contributed by atoms with Crippen LogP contribution in [0.5, 0.6) is 5.75 Å². The predicted octanol–water partition coefficient (Wildman–Crippen LogP) is 3.53. The Morgan fingerprint density at radius 1 is 1.33 bits per heavy atom. The van der Waals surface area contributed by atoms with Crippen molar-refractivity contribution in [1.29, 1.82) is 0 Å². The summed E-state index contributed by atoms with van der Waals surface area (Å²) in [6.45, 7) is 4.74. The van der Waals surface area contributed by atoms with Gasteiger partial charge in [-0.15, -0.1) is 0 Å². The van der Waals surface area contributed by atoms with Crippen LogP contribution in [0.4, 0.5) is 0 Å². The van der Waals surface area contributed by atoms with E-state index in [4.69, 9.17) is 33.0 Å². The lowest BCUT2D eigenvalue weighted by Gasteiger charge is -2.24. The molecule has 6 heteroatoms. The molecule has 1 aromatic carbocycles. The maximum atomic E-state index is 12.2. The van der Waals surface area contributed by atoms with Crippen LogP contribution in [0.2, 0.25) is 10.0 Å². The topological polar surface area (TPSA) is 58.6 Å². The summed E-state index contributed by atoms with van der Waals surface area (Å²) in [4.78, 5) is 12.2.